The molecule has 1 rings (SSSR count). The molecule has 8 heteroatoms. The zero-order valence-corrected chi connectivity index (χ0v) is 12.1. The Morgan fingerprint density at radius 2 is 1.90 bits per heavy atom. The first-order chi connectivity index (χ1) is 9.37. The average Bonchev–Trinajstić information content (AvgIpc) is 2.43. The molecule has 1 N–H and O–H groups in total. The van der Waals surface area contributed by atoms with Crippen molar-refractivity contribution >= 4 is 16.0 Å². The molecule has 20 heavy (non-hydrogen) atoms. The van der Waals surface area contributed by atoms with E-state index in [2.05, 4.69) is 0 Å². The molecule has 1 aromatic carbocycles. The van der Waals surface area contributed by atoms with Crippen molar-refractivity contribution in [1.29, 1.82) is 0 Å². The first-order valence-electron chi connectivity index (χ1n) is 5.78. The van der Waals surface area contributed by atoms with Crippen molar-refractivity contribution in [3.05, 3.63) is 24.3 Å². The second kappa shape index (κ2) is 7.22. The lowest BCUT2D eigenvalue weighted by molar-refractivity contribution is -0.142. The maximum atomic E-state index is 12.2. The van der Waals surface area contributed by atoms with Crippen LogP contribution in [0.2, 0.25) is 0 Å². The largest absolute Gasteiger partial charge is 0.497 e. The van der Waals surface area contributed by atoms with E-state index in [4.69, 9.17) is 14.6 Å². The van der Waals surface area contributed by atoms with Crippen LogP contribution in [-0.2, 0) is 19.6 Å². The van der Waals surface area contributed by atoms with Crippen molar-refractivity contribution < 1.29 is 27.8 Å². The SMILES string of the molecule is COc1ccc(S(=O)(=O)N(C)CCOCC(=O)O)cc1. The summed E-state index contributed by atoms with van der Waals surface area (Å²) in [5, 5.41) is 8.40. The van der Waals surface area contributed by atoms with Crippen LogP contribution in [-0.4, -0.2) is 57.7 Å². The Bertz CT molecular complexity index is 540. The summed E-state index contributed by atoms with van der Waals surface area (Å²) in [5.74, 6) is -0.526. The molecule has 0 radical (unpaired) electrons. The van der Waals surface area contributed by atoms with Crippen LogP contribution in [0.5, 0.6) is 5.75 Å². The zero-order chi connectivity index (χ0) is 15.2. The number of carboxylic acid groups (broad SMARTS) is 1. The molecule has 0 fully saturated rings. The van der Waals surface area contributed by atoms with Crippen molar-refractivity contribution in [1.82, 2.24) is 4.31 Å². The Kier molecular flexibility index (Phi) is 5.93. The van der Waals surface area contributed by atoms with Crippen LogP contribution >= 0.6 is 0 Å². The lowest BCUT2D eigenvalue weighted by Crippen LogP contribution is -2.30. The number of methoxy groups -OCH3 is 1. The van der Waals surface area contributed by atoms with Crippen molar-refractivity contribution in [3.8, 4) is 5.75 Å². The number of nitrogens with zero attached hydrogens (tertiary/aromatic N) is 1. The lowest BCUT2D eigenvalue weighted by atomic mass is 10.3. The van der Waals surface area contributed by atoms with E-state index in [-0.39, 0.29) is 18.0 Å². The van der Waals surface area contributed by atoms with Gasteiger partial charge >= 0.3 is 5.97 Å². The highest BCUT2D eigenvalue weighted by atomic mass is 32.2. The Hall–Kier alpha value is -1.64. The molecule has 0 amide bonds. The number of likely N-dealkylation sites (N-methyl/N-ethyl adjacent to an activating group) is 1. The molecule has 1 aromatic rings. The fourth-order valence-corrected chi connectivity index (χ4v) is 2.56. The van der Waals surface area contributed by atoms with Gasteiger partial charge in [0, 0.05) is 13.6 Å². The number of rotatable bonds is 8. The topological polar surface area (TPSA) is 93.1 Å². The minimum atomic E-state index is -3.61. The summed E-state index contributed by atoms with van der Waals surface area (Å²) >= 11 is 0. The number of carbonyl (C=O) groups is 1. The number of aliphatic carboxylic acids is 1. The quantitative estimate of drug-likeness (QED) is 0.699. The molecule has 0 atom stereocenters. The van der Waals surface area contributed by atoms with Crippen molar-refractivity contribution in [2.75, 3.05) is 33.9 Å². The second-order valence-electron chi connectivity index (χ2n) is 3.95. The van der Waals surface area contributed by atoms with Gasteiger partial charge in [0.1, 0.15) is 12.4 Å². The summed E-state index contributed by atoms with van der Waals surface area (Å²) in [4.78, 5) is 10.4. The van der Waals surface area contributed by atoms with Gasteiger partial charge in [-0.15, -0.1) is 0 Å². The highest BCUT2D eigenvalue weighted by Crippen LogP contribution is 2.18. The molecule has 0 saturated carbocycles. The summed E-state index contributed by atoms with van der Waals surface area (Å²) in [6.45, 7) is -0.365. The van der Waals surface area contributed by atoms with E-state index in [1.807, 2.05) is 0 Å². The molecule has 0 aliphatic carbocycles. The minimum Gasteiger partial charge on any atom is -0.497 e. The highest BCUT2D eigenvalue weighted by Gasteiger charge is 2.20. The van der Waals surface area contributed by atoms with Crippen LogP contribution in [0.15, 0.2) is 29.2 Å². The van der Waals surface area contributed by atoms with E-state index in [1.54, 1.807) is 12.1 Å². The molecular weight excluding hydrogens is 286 g/mol. The first-order valence-corrected chi connectivity index (χ1v) is 7.22. The van der Waals surface area contributed by atoms with Crippen LogP contribution in [0.4, 0.5) is 0 Å². The summed E-state index contributed by atoms with van der Waals surface area (Å²) < 4.78 is 35.2. The average molecular weight is 303 g/mol. The number of sulfonamides is 1. The Morgan fingerprint density at radius 3 is 2.40 bits per heavy atom. The fraction of sp³-hybridized carbons (Fsp3) is 0.417. The third-order valence-corrected chi connectivity index (χ3v) is 4.41. The highest BCUT2D eigenvalue weighted by molar-refractivity contribution is 7.89. The van der Waals surface area contributed by atoms with Crippen LogP contribution in [0.1, 0.15) is 0 Å². The van der Waals surface area contributed by atoms with Gasteiger partial charge in [-0.1, -0.05) is 0 Å². The maximum absolute atomic E-state index is 12.2. The smallest absolute Gasteiger partial charge is 0.329 e. The molecule has 0 heterocycles. The number of benzene rings is 1. The van der Waals surface area contributed by atoms with E-state index in [1.165, 1.54) is 26.3 Å². The van der Waals surface area contributed by atoms with Crippen LogP contribution in [0.3, 0.4) is 0 Å². The molecule has 0 saturated heterocycles. The monoisotopic (exact) mass is 303 g/mol. The van der Waals surface area contributed by atoms with E-state index in [9.17, 15) is 13.2 Å². The molecule has 7 nitrogen and oxygen atoms in total. The molecule has 0 aromatic heterocycles. The number of ether oxygens (including phenoxy) is 2. The molecule has 0 spiro atoms. The Labute approximate surface area is 117 Å². The predicted octanol–water partition coefficient (Wildman–Crippen LogP) is 0.417. The molecule has 0 unspecified atom stereocenters. The van der Waals surface area contributed by atoms with Gasteiger partial charge in [-0.05, 0) is 24.3 Å². The van der Waals surface area contributed by atoms with E-state index >= 15 is 0 Å². The number of carboxylic acids is 1. The predicted molar refractivity (Wildman–Crippen MR) is 71.3 cm³/mol. The van der Waals surface area contributed by atoms with Crippen molar-refractivity contribution in [2.45, 2.75) is 4.90 Å². The van der Waals surface area contributed by atoms with E-state index in [0.29, 0.717) is 5.75 Å². The van der Waals surface area contributed by atoms with Crippen molar-refractivity contribution in [2.24, 2.45) is 0 Å². The van der Waals surface area contributed by atoms with E-state index in [0.717, 1.165) is 4.31 Å². The van der Waals surface area contributed by atoms with Crippen LogP contribution in [0.25, 0.3) is 0 Å². The van der Waals surface area contributed by atoms with Gasteiger partial charge in [-0.25, -0.2) is 13.2 Å². The fourth-order valence-electron chi connectivity index (χ4n) is 1.40. The lowest BCUT2D eigenvalue weighted by Gasteiger charge is -2.17. The van der Waals surface area contributed by atoms with Gasteiger partial charge < -0.3 is 14.6 Å². The van der Waals surface area contributed by atoms with Gasteiger partial charge in [-0.2, -0.15) is 4.31 Å². The first kappa shape index (κ1) is 16.4. The normalized spacial score (nSPS) is 11.6. The second-order valence-corrected chi connectivity index (χ2v) is 5.99. The minimum absolute atomic E-state index is 0.0121. The molecule has 0 bridgehead atoms. The molecule has 0 aliphatic rings. The van der Waals surface area contributed by atoms with Crippen molar-refractivity contribution in [3.63, 3.8) is 0 Å². The number of hydrogen-bond donors (Lipinski definition) is 1. The zero-order valence-electron chi connectivity index (χ0n) is 11.3. The summed E-state index contributed by atoms with van der Waals surface area (Å²) in [6, 6.07) is 6.01. The van der Waals surface area contributed by atoms with Crippen LogP contribution < -0.4 is 4.74 Å². The van der Waals surface area contributed by atoms with Gasteiger partial charge in [0.05, 0.1) is 18.6 Å². The summed E-state index contributed by atoms with van der Waals surface area (Å²) in [6.07, 6.45) is 0. The Balaban J connectivity index is 2.64. The van der Waals surface area contributed by atoms with Gasteiger partial charge in [0.15, 0.2) is 0 Å². The third-order valence-electron chi connectivity index (χ3n) is 2.54. The summed E-state index contributed by atoms with van der Waals surface area (Å²) in [5.41, 5.74) is 0. The molecule has 112 valence electrons. The third kappa shape index (κ3) is 4.48. The standard InChI is InChI=1S/C12H17NO6S/c1-13(7-8-19-9-12(14)15)20(16,17)11-5-3-10(18-2)4-6-11/h3-6H,7-9H2,1-2H3,(H,14,15). The van der Waals surface area contributed by atoms with Gasteiger partial charge in [0.2, 0.25) is 10.0 Å². The molecule has 0 aliphatic heterocycles. The molecular formula is C12H17NO6S. The summed E-state index contributed by atoms with van der Waals surface area (Å²) in [7, 11) is -0.712. The van der Waals surface area contributed by atoms with Gasteiger partial charge in [0.25, 0.3) is 0 Å². The maximum Gasteiger partial charge on any atom is 0.329 e. The Morgan fingerprint density at radius 1 is 1.30 bits per heavy atom. The van der Waals surface area contributed by atoms with E-state index < -0.39 is 22.6 Å². The van der Waals surface area contributed by atoms with Gasteiger partial charge in [-0.3, -0.25) is 0 Å². The number of hydrogen-bond acceptors (Lipinski definition) is 5. The van der Waals surface area contributed by atoms with Crippen LogP contribution in [0, 0.1) is 0 Å².